The first-order valence-electron chi connectivity index (χ1n) is 19.0. The lowest BCUT2D eigenvalue weighted by Gasteiger charge is -2.16. The highest BCUT2D eigenvalue weighted by Crippen LogP contribution is 2.38. The van der Waals surface area contributed by atoms with Crippen molar-refractivity contribution < 1.29 is 28.7 Å². The SMILES string of the molecule is O=C(CNC(=O)c1nccc2ccccc12)Nc1ccc(-c2ccc(C(=O)NCC(=O)Nc3ccccc3Oc3ccccc3)c3ccccc23)cc1Oc1ccncc1. The van der Waals surface area contributed by atoms with Crippen molar-refractivity contribution in [1.29, 1.82) is 0 Å². The van der Waals surface area contributed by atoms with E-state index in [1.165, 1.54) is 0 Å². The lowest BCUT2D eigenvalue weighted by atomic mass is 9.94. The van der Waals surface area contributed by atoms with Crippen molar-refractivity contribution in [3.05, 3.63) is 182 Å². The Labute approximate surface area is 344 Å². The molecule has 0 saturated heterocycles. The van der Waals surface area contributed by atoms with Gasteiger partial charge in [0, 0.05) is 29.5 Å². The molecule has 0 saturated carbocycles. The normalized spacial score (nSPS) is 10.7. The standard InChI is InChI=1S/C48H36N6O6/c55-44(53-40-16-8-9-17-42(40)59-33-11-2-1-3-12-33)29-51-47(57)39-20-19-35(37-14-6-7-15-38(37)39)32-18-21-41(43(28-32)60-34-23-25-49-26-24-34)54-45(56)30-52-48(58)46-36-13-5-4-10-31(36)22-27-50-46/h1-28H,29-30H2,(H,51,57)(H,52,58)(H,53,55)(H,54,56). The van der Waals surface area contributed by atoms with Gasteiger partial charge in [-0.1, -0.05) is 91.0 Å². The Kier molecular flexibility index (Phi) is 11.4. The number of fused-ring (bicyclic) bond motifs is 2. The first-order chi connectivity index (χ1) is 29.4. The Bertz CT molecular complexity index is 2870. The second kappa shape index (κ2) is 17.8. The zero-order valence-corrected chi connectivity index (χ0v) is 31.9. The quantitative estimate of drug-likeness (QED) is 0.0902. The molecule has 0 spiro atoms. The average molecular weight is 793 g/mol. The summed E-state index contributed by atoms with van der Waals surface area (Å²) in [5.74, 6) is 0.105. The number of carbonyl (C=O) groups is 4. The van der Waals surface area contributed by atoms with Crippen LogP contribution < -0.4 is 30.7 Å². The van der Waals surface area contributed by atoms with Gasteiger partial charge in [-0.05, 0) is 87.9 Å². The van der Waals surface area contributed by atoms with Crippen molar-refractivity contribution in [2.45, 2.75) is 0 Å². The van der Waals surface area contributed by atoms with E-state index in [0.29, 0.717) is 50.7 Å². The highest BCUT2D eigenvalue weighted by atomic mass is 16.5. The first-order valence-corrected chi connectivity index (χ1v) is 19.0. The molecule has 2 heterocycles. The van der Waals surface area contributed by atoms with Crippen LogP contribution >= 0.6 is 0 Å². The van der Waals surface area contributed by atoms with Crippen molar-refractivity contribution >= 4 is 56.5 Å². The number of aromatic nitrogens is 2. The summed E-state index contributed by atoms with van der Waals surface area (Å²) in [5.41, 5.74) is 2.97. The second-order valence-corrected chi connectivity index (χ2v) is 13.5. The van der Waals surface area contributed by atoms with Crippen molar-refractivity contribution in [1.82, 2.24) is 20.6 Å². The van der Waals surface area contributed by atoms with Gasteiger partial charge in [-0.3, -0.25) is 29.1 Å². The van der Waals surface area contributed by atoms with Gasteiger partial charge in [-0.15, -0.1) is 0 Å². The molecule has 8 aromatic rings. The molecule has 0 unspecified atom stereocenters. The minimum Gasteiger partial charge on any atom is -0.455 e. The van der Waals surface area contributed by atoms with E-state index in [1.807, 2.05) is 97.1 Å². The van der Waals surface area contributed by atoms with Crippen LogP contribution in [0.2, 0.25) is 0 Å². The predicted molar refractivity (Wildman–Crippen MR) is 230 cm³/mol. The maximum Gasteiger partial charge on any atom is 0.270 e. The molecule has 0 aliphatic carbocycles. The molecule has 12 heteroatoms. The van der Waals surface area contributed by atoms with Crippen LogP contribution in [0.1, 0.15) is 20.8 Å². The van der Waals surface area contributed by atoms with Gasteiger partial charge in [-0.2, -0.15) is 0 Å². The number of anilines is 2. The summed E-state index contributed by atoms with van der Waals surface area (Å²) in [6.07, 6.45) is 4.74. The monoisotopic (exact) mass is 792 g/mol. The fourth-order valence-corrected chi connectivity index (χ4v) is 6.62. The fourth-order valence-electron chi connectivity index (χ4n) is 6.62. The molecular formula is C48H36N6O6. The zero-order chi connectivity index (χ0) is 41.3. The second-order valence-electron chi connectivity index (χ2n) is 13.5. The van der Waals surface area contributed by atoms with Gasteiger partial charge in [-0.25, -0.2) is 0 Å². The van der Waals surface area contributed by atoms with Crippen LogP contribution in [0.25, 0.3) is 32.7 Å². The van der Waals surface area contributed by atoms with E-state index in [-0.39, 0.29) is 18.8 Å². The Morgan fingerprint density at radius 3 is 1.90 bits per heavy atom. The smallest absolute Gasteiger partial charge is 0.270 e. The molecule has 0 atom stereocenters. The molecule has 0 bridgehead atoms. The number of para-hydroxylation sites is 3. The summed E-state index contributed by atoms with van der Waals surface area (Å²) in [6.45, 7) is -0.590. The molecule has 0 aliphatic rings. The predicted octanol–water partition coefficient (Wildman–Crippen LogP) is 8.77. The number of pyridine rings is 2. The molecule has 2 aromatic heterocycles. The number of carbonyl (C=O) groups excluding carboxylic acids is 4. The third kappa shape index (κ3) is 8.93. The van der Waals surface area contributed by atoms with E-state index < -0.39 is 23.6 Å². The molecule has 4 N–H and O–H groups in total. The zero-order valence-electron chi connectivity index (χ0n) is 31.9. The third-order valence-electron chi connectivity index (χ3n) is 9.45. The molecule has 0 radical (unpaired) electrons. The molecule has 60 heavy (non-hydrogen) atoms. The van der Waals surface area contributed by atoms with E-state index in [2.05, 4.69) is 31.2 Å². The average Bonchev–Trinajstić information content (AvgIpc) is 3.29. The molecule has 4 amide bonds. The van der Waals surface area contributed by atoms with Crippen LogP contribution in [0, 0.1) is 0 Å². The number of nitrogens with zero attached hydrogens (tertiary/aromatic N) is 2. The fraction of sp³-hybridized carbons (Fsp3) is 0.0417. The molecular weight excluding hydrogens is 757 g/mol. The summed E-state index contributed by atoms with van der Waals surface area (Å²) in [5, 5.41) is 14.1. The topological polar surface area (TPSA) is 161 Å². The summed E-state index contributed by atoms with van der Waals surface area (Å²) in [7, 11) is 0. The van der Waals surface area contributed by atoms with E-state index in [0.717, 1.165) is 21.9 Å². The van der Waals surface area contributed by atoms with Crippen molar-refractivity contribution in [3.63, 3.8) is 0 Å². The van der Waals surface area contributed by atoms with E-state index in [4.69, 9.17) is 9.47 Å². The highest BCUT2D eigenvalue weighted by molar-refractivity contribution is 6.12. The van der Waals surface area contributed by atoms with Gasteiger partial charge >= 0.3 is 0 Å². The van der Waals surface area contributed by atoms with Gasteiger partial charge in [0.2, 0.25) is 11.8 Å². The van der Waals surface area contributed by atoms with Crippen LogP contribution in [0.15, 0.2) is 170 Å². The molecule has 6 aromatic carbocycles. The van der Waals surface area contributed by atoms with Crippen LogP contribution in [0.5, 0.6) is 23.0 Å². The van der Waals surface area contributed by atoms with Crippen LogP contribution in [-0.4, -0.2) is 46.7 Å². The first kappa shape index (κ1) is 38.5. The van der Waals surface area contributed by atoms with Crippen molar-refractivity contribution in [3.8, 4) is 34.1 Å². The summed E-state index contributed by atoms with van der Waals surface area (Å²) in [6, 6.07) is 45.2. The van der Waals surface area contributed by atoms with E-state index in [9.17, 15) is 19.2 Å². The van der Waals surface area contributed by atoms with Gasteiger partial charge in [0.1, 0.15) is 17.2 Å². The minimum absolute atomic E-state index is 0.222. The maximum absolute atomic E-state index is 13.6. The van der Waals surface area contributed by atoms with E-state index in [1.54, 1.807) is 73.2 Å². The summed E-state index contributed by atoms with van der Waals surface area (Å²) < 4.78 is 12.2. The Morgan fingerprint density at radius 1 is 0.500 bits per heavy atom. The Morgan fingerprint density at radius 2 is 1.12 bits per heavy atom. The summed E-state index contributed by atoms with van der Waals surface area (Å²) in [4.78, 5) is 61.2. The molecule has 12 nitrogen and oxygen atoms in total. The number of nitrogens with one attached hydrogen (secondary N) is 4. The van der Waals surface area contributed by atoms with Crippen LogP contribution in [0.3, 0.4) is 0 Å². The highest BCUT2D eigenvalue weighted by Gasteiger charge is 2.19. The van der Waals surface area contributed by atoms with Gasteiger partial charge in [0.25, 0.3) is 11.8 Å². The lowest BCUT2D eigenvalue weighted by Crippen LogP contribution is -2.33. The van der Waals surface area contributed by atoms with Gasteiger partial charge in [0.15, 0.2) is 11.5 Å². The Balaban J connectivity index is 0.986. The van der Waals surface area contributed by atoms with Gasteiger partial charge in [0.05, 0.1) is 24.5 Å². The number of hydrogen-bond acceptors (Lipinski definition) is 8. The molecule has 294 valence electrons. The van der Waals surface area contributed by atoms with Crippen LogP contribution in [-0.2, 0) is 9.59 Å². The maximum atomic E-state index is 13.6. The van der Waals surface area contributed by atoms with Gasteiger partial charge < -0.3 is 30.7 Å². The number of ether oxygens (including phenoxy) is 2. The Hall–Kier alpha value is -8.38. The minimum atomic E-state index is -0.478. The number of hydrogen-bond donors (Lipinski definition) is 4. The number of rotatable bonds is 13. The lowest BCUT2D eigenvalue weighted by molar-refractivity contribution is -0.116. The molecule has 0 aliphatic heterocycles. The molecule has 8 rings (SSSR count). The third-order valence-corrected chi connectivity index (χ3v) is 9.45. The number of amides is 4. The summed E-state index contributed by atoms with van der Waals surface area (Å²) >= 11 is 0. The van der Waals surface area contributed by atoms with E-state index >= 15 is 0 Å². The molecule has 0 fully saturated rings. The van der Waals surface area contributed by atoms with Crippen molar-refractivity contribution in [2.24, 2.45) is 0 Å². The van der Waals surface area contributed by atoms with Crippen molar-refractivity contribution in [2.75, 3.05) is 23.7 Å². The number of benzene rings is 6. The van der Waals surface area contributed by atoms with Crippen LogP contribution in [0.4, 0.5) is 11.4 Å². The largest absolute Gasteiger partial charge is 0.455 e.